The van der Waals surface area contributed by atoms with Gasteiger partial charge in [-0.2, -0.15) is 5.26 Å². The number of hydrogen-bond donors (Lipinski definition) is 1. The predicted octanol–water partition coefficient (Wildman–Crippen LogP) is 1.97. The second-order valence-corrected chi connectivity index (χ2v) is 5.48. The van der Waals surface area contributed by atoms with E-state index in [9.17, 15) is 9.59 Å². The third-order valence-electron chi connectivity index (χ3n) is 3.59. The molecule has 3 rings (SSSR count). The monoisotopic (exact) mass is 349 g/mol. The maximum atomic E-state index is 12.2. The van der Waals surface area contributed by atoms with Crippen LogP contribution in [0.3, 0.4) is 0 Å². The summed E-state index contributed by atoms with van der Waals surface area (Å²) >= 11 is 0. The van der Waals surface area contributed by atoms with E-state index < -0.39 is 0 Å². The molecule has 0 saturated carbocycles. The summed E-state index contributed by atoms with van der Waals surface area (Å²) in [7, 11) is 0. The normalized spacial score (nSPS) is 10.3. The smallest absolute Gasteiger partial charge is 0.251 e. The molecule has 3 aromatic rings. The first-order chi connectivity index (χ1) is 12.6. The molecular weight excluding hydrogens is 334 g/mol. The SMILES string of the molecule is CCc1nnc(-c2ccc(=O)n(CC(=O)Nc3cccc(C#N)c3)c2)o1. The van der Waals surface area contributed by atoms with Crippen LogP contribution in [0.4, 0.5) is 5.69 Å². The summed E-state index contributed by atoms with van der Waals surface area (Å²) in [5.41, 5.74) is 1.15. The molecule has 1 N–H and O–H groups in total. The average Bonchev–Trinajstić information content (AvgIpc) is 3.13. The molecule has 8 heteroatoms. The molecule has 130 valence electrons. The molecule has 1 aromatic carbocycles. The van der Waals surface area contributed by atoms with Crippen LogP contribution >= 0.6 is 0 Å². The first kappa shape index (κ1) is 17.1. The van der Waals surface area contributed by atoms with Crippen LogP contribution in [-0.4, -0.2) is 20.7 Å². The van der Waals surface area contributed by atoms with Gasteiger partial charge in [0.15, 0.2) is 0 Å². The zero-order valence-electron chi connectivity index (χ0n) is 14.0. The van der Waals surface area contributed by atoms with Gasteiger partial charge in [0.1, 0.15) is 6.54 Å². The minimum atomic E-state index is -0.390. The first-order valence-corrected chi connectivity index (χ1v) is 7.92. The lowest BCUT2D eigenvalue weighted by Gasteiger charge is -2.08. The lowest BCUT2D eigenvalue weighted by atomic mass is 10.2. The Morgan fingerprint density at radius 2 is 2.15 bits per heavy atom. The highest BCUT2D eigenvalue weighted by molar-refractivity contribution is 5.90. The highest BCUT2D eigenvalue weighted by Gasteiger charge is 2.11. The number of amides is 1. The van der Waals surface area contributed by atoms with Crippen LogP contribution in [0.1, 0.15) is 18.4 Å². The van der Waals surface area contributed by atoms with Crippen molar-refractivity contribution in [2.24, 2.45) is 0 Å². The van der Waals surface area contributed by atoms with Crippen molar-refractivity contribution in [1.29, 1.82) is 5.26 Å². The molecule has 2 heterocycles. The molecule has 0 bridgehead atoms. The number of rotatable bonds is 5. The molecule has 8 nitrogen and oxygen atoms in total. The van der Waals surface area contributed by atoms with E-state index in [1.54, 1.807) is 30.3 Å². The number of nitrogens with one attached hydrogen (secondary N) is 1. The lowest BCUT2D eigenvalue weighted by Crippen LogP contribution is -2.26. The Morgan fingerprint density at radius 1 is 1.31 bits per heavy atom. The number of benzene rings is 1. The van der Waals surface area contributed by atoms with Gasteiger partial charge in [-0.05, 0) is 24.3 Å². The number of aryl methyl sites for hydroxylation is 1. The maximum absolute atomic E-state index is 12.2. The van der Waals surface area contributed by atoms with Crippen molar-refractivity contribution in [2.45, 2.75) is 19.9 Å². The number of anilines is 1. The van der Waals surface area contributed by atoms with Crippen molar-refractivity contribution in [2.75, 3.05) is 5.32 Å². The number of hydrogen-bond acceptors (Lipinski definition) is 6. The van der Waals surface area contributed by atoms with E-state index in [0.717, 1.165) is 0 Å². The van der Waals surface area contributed by atoms with Crippen LogP contribution in [-0.2, 0) is 17.8 Å². The standard InChI is InChI=1S/C18H15N5O3/c1-2-16-21-22-18(26-16)13-6-7-17(25)23(10-13)11-15(24)20-14-5-3-4-12(8-14)9-19/h3-8,10H,2,11H2,1H3,(H,20,24). The summed E-state index contributed by atoms with van der Waals surface area (Å²) in [4.78, 5) is 24.3. The summed E-state index contributed by atoms with van der Waals surface area (Å²) in [5.74, 6) is 0.393. The molecule has 0 unspecified atom stereocenters. The fourth-order valence-electron chi connectivity index (χ4n) is 2.32. The zero-order valence-corrected chi connectivity index (χ0v) is 14.0. The fourth-order valence-corrected chi connectivity index (χ4v) is 2.32. The van der Waals surface area contributed by atoms with Crippen LogP contribution in [0.2, 0.25) is 0 Å². The van der Waals surface area contributed by atoms with E-state index in [4.69, 9.17) is 9.68 Å². The third-order valence-corrected chi connectivity index (χ3v) is 3.59. The number of aromatic nitrogens is 3. The van der Waals surface area contributed by atoms with E-state index >= 15 is 0 Å². The number of nitriles is 1. The maximum Gasteiger partial charge on any atom is 0.251 e. The van der Waals surface area contributed by atoms with Crippen molar-refractivity contribution in [3.05, 3.63) is 64.4 Å². The second kappa shape index (κ2) is 7.44. The summed E-state index contributed by atoms with van der Waals surface area (Å²) in [5, 5.41) is 19.4. The Balaban J connectivity index is 1.78. The first-order valence-electron chi connectivity index (χ1n) is 7.92. The van der Waals surface area contributed by atoms with Gasteiger partial charge in [-0.1, -0.05) is 13.0 Å². The van der Waals surface area contributed by atoms with Crippen molar-refractivity contribution >= 4 is 11.6 Å². The predicted molar refractivity (Wildman–Crippen MR) is 93.2 cm³/mol. The molecule has 0 aliphatic carbocycles. The Kier molecular flexibility index (Phi) is 4.90. The Morgan fingerprint density at radius 3 is 2.88 bits per heavy atom. The van der Waals surface area contributed by atoms with Crippen LogP contribution in [0.15, 0.2) is 51.8 Å². The van der Waals surface area contributed by atoms with E-state index in [1.807, 2.05) is 13.0 Å². The Labute approximate surface area is 148 Å². The third kappa shape index (κ3) is 3.84. The summed E-state index contributed by atoms with van der Waals surface area (Å²) in [6.45, 7) is 1.71. The van der Waals surface area contributed by atoms with E-state index in [1.165, 1.54) is 16.8 Å². The summed E-state index contributed by atoms with van der Waals surface area (Å²) < 4.78 is 6.73. The summed E-state index contributed by atoms with van der Waals surface area (Å²) in [6.07, 6.45) is 2.11. The van der Waals surface area contributed by atoms with Crippen molar-refractivity contribution < 1.29 is 9.21 Å². The second-order valence-electron chi connectivity index (χ2n) is 5.48. The van der Waals surface area contributed by atoms with Gasteiger partial charge in [0.05, 0.1) is 17.2 Å². The van der Waals surface area contributed by atoms with Gasteiger partial charge in [-0.25, -0.2) is 0 Å². The van der Waals surface area contributed by atoms with Gasteiger partial charge in [0.2, 0.25) is 17.7 Å². The number of carbonyl (C=O) groups is 1. The summed E-state index contributed by atoms with van der Waals surface area (Å²) in [6, 6.07) is 11.4. The van der Waals surface area contributed by atoms with Crippen molar-refractivity contribution in [1.82, 2.24) is 14.8 Å². The van der Waals surface area contributed by atoms with E-state index in [0.29, 0.717) is 29.1 Å². The quantitative estimate of drug-likeness (QED) is 0.753. The molecule has 0 aliphatic rings. The van der Waals surface area contributed by atoms with Gasteiger partial charge in [-0.3, -0.25) is 9.59 Å². The molecule has 0 spiro atoms. The molecule has 1 amide bonds. The highest BCUT2D eigenvalue weighted by Crippen LogP contribution is 2.16. The molecule has 26 heavy (non-hydrogen) atoms. The molecule has 0 radical (unpaired) electrons. The molecule has 0 atom stereocenters. The van der Waals surface area contributed by atoms with Gasteiger partial charge >= 0.3 is 0 Å². The van der Waals surface area contributed by atoms with Crippen molar-refractivity contribution in [3.8, 4) is 17.5 Å². The molecule has 0 saturated heterocycles. The Hall–Kier alpha value is -3.73. The van der Waals surface area contributed by atoms with Gasteiger partial charge in [-0.15, -0.1) is 10.2 Å². The molecule has 2 aromatic heterocycles. The fraction of sp³-hybridized carbons (Fsp3) is 0.167. The Bertz CT molecular complexity index is 1050. The van der Waals surface area contributed by atoms with Crippen molar-refractivity contribution in [3.63, 3.8) is 0 Å². The van der Waals surface area contributed by atoms with Crippen LogP contribution in [0.25, 0.3) is 11.5 Å². The minimum Gasteiger partial charge on any atom is -0.421 e. The zero-order chi connectivity index (χ0) is 18.5. The van der Waals surface area contributed by atoms with Gasteiger partial charge < -0.3 is 14.3 Å². The number of nitrogens with zero attached hydrogens (tertiary/aromatic N) is 4. The topological polar surface area (TPSA) is 114 Å². The number of pyridine rings is 1. The molecular formula is C18H15N5O3. The highest BCUT2D eigenvalue weighted by atomic mass is 16.4. The van der Waals surface area contributed by atoms with Gasteiger partial charge in [0, 0.05) is 24.4 Å². The van der Waals surface area contributed by atoms with E-state index in [2.05, 4.69) is 15.5 Å². The largest absolute Gasteiger partial charge is 0.421 e. The van der Waals surface area contributed by atoms with Crippen LogP contribution < -0.4 is 10.9 Å². The molecule has 0 fully saturated rings. The minimum absolute atomic E-state index is 0.182. The number of carbonyl (C=O) groups excluding carboxylic acids is 1. The average molecular weight is 349 g/mol. The van der Waals surface area contributed by atoms with Crippen LogP contribution in [0, 0.1) is 11.3 Å². The van der Waals surface area contributed by atoms with Gasteiger partial charge in [0.25, 0.3) is 5.56 Å². The molecule has 0 aliphatic heterocycles. The lowest BCUT2D eigenvalue weighted by molar-refractivity contribution is -0.116. The van der Waals surface area contributed by atoms with Crippen LogP contribution in [0.5, 0.6) is 0 Å². The van der Waals surface area contributed by atoms with E-state index in [-0.39, 0.29) is 23.9 Å².